The number of rotatable bonds is 2. The van der Waals surface area contributed by atoms with Crippen molar-refractivity contribution in [2.24, 2.45) is 5.92 Å². The average Bonchev–Trinajstić information content (AvgIpc) is 2.89. The van der Waals surface area contributed by atoms with E-state index >= 15 is 0 Å². The highest BCUT2D eigenvalue weighted by molar-refractivity contribution is 6.33. The van der Waals surface area contributed by atoms with E-state index in [2.05, 4.69) is 22.4 Å². The molecular weight excluding hydrogens is 262 g/mol. The van der Waals surface area contributed by atoms with Crippen molar-refractivity contribution in [3.8, 4) is 11.4 Å². The fourth-order valence-corrected chi connectivity index (χ4v) is 2.64. The number of nitrogens with one attached hydrogen (secondary N) is 1. The monoisotopic (exact) mass is 277 g/mol. The van der Waals surface area contributed by atoms with Gasteiger partial charge in [0.05, 0.1) is 11.1 Å². The molecule has 2 atom stereocenters. The first-order chi connectivity index (χ1) is 9.24. The van der Waals surface area contributed by atoms with Gasteiger partial charge in [0.2, 0.25) is 11.7 Å². The van der Waals surface area contributed by atoms with Crippen LogP contribution in [0.15, 0.2) is 28.8 Å². The Balaban J connectivity index is 1.85. The molecule has 1 aromatic carbocycles. The summed E-state index contributed by atoms with van der Waals surface area (Å²) in [6.07, 6.45) is 2.23. The van der Waals surface area contributed by atoms with Gasteiger partial charge in [-0.25, -0.2) is 0 Å². The summed E-state index contributed by atoms with van der Waals surface area (Å²) >= 11 is 6.14. The lowest BCUT2D eigenvalue weighted by Gasteiger charge is -2.25. The lowest BCUT2D eigenvalue weighted by Crippen LogP contribution is -2.30. The van der Waals surface area contributed by atoms with Crippen LogP contribution in [-0.2, 0) is 0 Å². The topological polar surface area (TPSA) is 51.0 Å². The van der Waals surface area contributed by atoms with Gasteiger partial charge in [-0.05, 0) is 37.4 Å². The molecule has 2 heterocycles. The Morgan fingerprint density at radius 3 is 3.00 bits per heavy atom. The van der Waals surface area contributed by atoms with Crippen LogP contribution < -0.4 is 5.32 Å². The van der Waals surface area contributed by atoms with E-state index in [9.17, 15) is 0 Å². The number of nitrogens with zero attached hydrogens (tertiary/aromatic N) is 2. The molecule has 100 valence electrons. The van der Waals surface area contributed by atoms with E-state index in [0.717, 1.165) is 18.5 Å². The third-order valence-corrected chi connectivity index (χ3v) is 3.85. The first-order valence-corrected chi connectivity index (χ1v) is 6.93. The van der Waals surface area contributed by atoms with Crippen LogP contribution in [0.25, 0.3) is 11.4 Å². The molecule has 0 radical (unpaired) electrons. The van der Waals surface area contributed by atoms with Crippen molar-refractivity contribution in [3.05, 3.63) is 35.2 Å². The minimum Gasteiger partial charge on any atom is -0.337 e. The molecule has 0 spiro atoms. The Bertz CT molecular complexity index is 569. The standard InChI is InChI=1S/C14H16ClN3O/c1-9-6-7-16-12(8-9)14-17-13(18-19-14)10-4-2-3-5-11(10)15/h2-5,9,12,16H,6-8H2,1H3. The van der Waals surface area contributed by atoms with Gasteiger partial charge in [0.25, 0.3) is 0 Å². The second-order valence-electron chi connectivity index (χ2n) is 5.07. The van der Waals surface area contributed by atoms with Crippen LogP contribution in [-0.4, -0.2) is 16.7 Å². The van der Waals surface area contributed by atoms with E-state index in [1.54, 1.807) is 0 Å². The number of halogens is 1. The minimum absolute atomic E-state index is 0.160. The Kier molecular flexibility index (Phi) is 3.53. The summed E-state index contributed by atoms with van der Waals surface area (Å²) in [6, 6.07) is 7.68. The summed E-state index contributed by atoms with van der Waals surface area (Å²) < 4.78 is 5.38. The predicted molar refractivity (Wildman–Crippen MR) is 73.9 cm³/mol. The number of piperidine rings is 1. The zero-order chi connectivity index (χ0) is 13.2. The van der Waals surface area contributed by atoms with Crippen LogP contribution >= 0.6 is 11.6 Å². The smallest absolute Gasteiger partial charge is 0.244 e. The number of hydrogen-bond donors (Lipinski definition) is 1. The molecule has 0 bridgehead atoms. The lowest BCUT2D eigenvalue weighted by atomic mass is 9.94. The number of benzene rings is 1. The SMILES string of the molecule is CC1CCNC(c2nc(-c3ccccc3Cl)no2)C1. The van der Waals surface area contributed by atoms with Crippen molar-refractivity contribution in [2.75, 3.05) is 6.54 Å². The van der Waals surface area contributed by atoms with E-state index in [0.29, 0.717) is 22.7 Å². The summed E-state index contributed by atoms with van der Waals surface area (Å²) in [7, 11) is 0. The van der Waals surface area contributed by atoms with E-state index in [1.165, 1.54) is 6.42 Å². The maximum absolute atomic E-state index is 6.14. The fraction of sp³-hybridized carbons (Fsp3) is 0.429. The third kappa shape index (κ3) is 2.65. The van der Waals surface area contributed by atoms with Gasteiger partial charge in [0.15, 0.2) is 0 Å². The highest BCUT2D eigenvalue weighted by atomic mass is 35.5. The van der Waals surface area contributed by atoms with Gasteiger partial charge >= 0.3 is 0 Å². The molecule has 2 unspecified atom stereocenters. The summed E-state index contributed by atoms with van der Waals surface area (Å²) in [4.78, 5) is 4.47. The summed E-state index contributed by atoms with van der Waals surface area (Å²) in [5.41, 5.74) is 0.808. The van der Waals surface area contributed by atoms with E-state index in [1.807, 2.05) is 24.3 Å². The van der Waals surface area contributed by atoms with Gasteiger partial charge in [-0.1, -0.05) is 35.8 Å². The van der Waals surface area contributed by atoms with E-state index < -0.39 is 0 Å². The molecule has 0 amide bonds. The Hall–Kier alpha value is -1.39. The zero-order valence-electron chi connectivity index (χ0n) is 10.8. The lowest BCUT2D eigenvalue weighted by molar-refractivity contribution is 0.260. The van der Waals surface area contributed by atoms with Crippen molar-refractivity contribution >= 4 is 11.6 Å². The molecule has 1 aliphatic rings. The normalized spacial score (nSPS) is 23.5. The van der Waals surface area contributed by atoms with Gasteiger partial charge in [0, 0.05) is 5.56 Å². The molecule has 1 saturated heterocycles. The fourth-order valence-electron chi connectivity index (χ4n) is 2.42. The average molecular weight is 278 g/mol. The molecule has 1 aromatic heterocycles. The highest BCUT2D eigenvalue weighted by Gasteiger charge is 2.25. The van der Waals surface area contributed by atoms with Gasteiger partial charge in [-0.3, -0.25) is 0 Å². The van der Waals surface area contributed by atoms with Crippen LogP contribution in [0, 0.1) is 5.92 Å². The third-order valence-electron chi connectivity index (χ3n) is 3.52. The Morgan fingerprint density at radius 1 is 1.37 bits per heavy atom. The molecule has 3 rings (SSSR count). The Morgan fingerprint density at radius 2 is 2.21 bits per heavy atom. The largest absolute Gasteiger partial charge is 0.337 e. The van der Waals surface area contributed by atoms with E-state index in [4.69, 9.17) is 16.1 Å². The van der Waals surface area contributed by atoms with Crippen LogP contribution in [0.4, 0.5) is 0 Å². The molecule has 4 nitrogen and oxygen atoms in total. The second-order valence-corrected chi connectivity index (χ2v) is 5.48. The van der Waals surface area contributed by atoms with Crippen molar-refractivity contribution in [1.82, 2.24) is 15.5 Å². The van der Waals surface area contributed by atoms with Crippen molar-refractivity contribution in [2.45, 2.75) is 25.8 Å². The van der Waals surface area contributed by atoms with Crippen molar-refractivity contribution in [1.29, 1.82) is 0 Å². The van der Waals surface area contributed by atoms with Gasteiger partial charge in [0.1, 0.15) is 0 Å². The van der Waals surface area contributed by atoms with Crippen molar-refractivity contribution < 1.29 is 4.52 Å². The zero-order valence-corrected chi connectivity index (χ0v) is 11.5. The van der Waals surface area contributed by atoms with Gasteiger partial charge < -0.3 is 9.84 Å². The van der Waals surface area contributed by atoms with Crippen LogP contribution in [0.2, 0.25) is 5.02 Å². The minimum atomic E-state index is 0.160. The number of hydrogen-bond acceptors (Lipinski definition) is 4. The Labute approximate surface area is 117 Å². The maximum Gasteiger partial charge on any atom is 0.244 e. The number of aromatic nitrogens is 2. The van der Waals surface area contributed by atoms with Crippen LogP contribution in [0.1, 0.15) is 31.7 Å². The molecule has 0 saturated carbocycles. The predicted octanol–water partition coefficient (Wildman–Crippen LogP) is 3.45. The summed E-state index contributed by atoms with van der Waals surface area (Å²) in [5, 5.41) is 8.09. The first-order valence-electron chi connectivity index (χ1n) is 6.56. The molecule has 1 fully saturated rings. The second kappa shape index (κ2) is 5.31. The molecular formula is C14H16ClN3O. The molecule has 1 N–H and O–H groups in total. The first kappa shape index (κ1) is 12.6. The molecule has 0 aliphatic carbocycles. The van der Waals surface area contributed by atoms with Crippen molar-refractivity contribution in [3.63, 3.8) is 0 Å². The van der Waals surface area contributed by atoms with E-state index in [-0.39, 0.29) is 6.04 Å². The van der Waals surface area contributed by atoms with Gasteiger partial charge in [-0.2, -0.15) is 4.98 Å². The maximum atomic E-state index is 6.14. The summed E-state index contributed by atoms with van der Waals surface area (Å²) in [6.45, 7) is 3.24. The quantitative estimate of drug-likeness (QED) is 0.913. The molecule has 2 aromatic rings. The molecule has 1 aliphatic heterocycles. The van der Waals surface area contributed by atoms with Gasteiger partial charge in [-0.15, -0.1) is 0 Å². The summed E-state index contributed by atoms with van der Waals surface area (Å²) in [5.74, 6) is 1.89. The molecule has 19 heavy (non-hydrogen) atoms. The highest BCUT2D eigenvalue weighted by Crippen LogP contribution is 2.29. The molecule has 5 heteroatoms. The van der Waals surface area contributed by atoms with Crippen LogP contribution in [0.5, 0.6) is 0 Å². The van der Waals surface area contributed by atoms with Crippen LogP contribution in [0.3, 0.4) is 0 Å².